The monoisotopic (exact) mass is 330 g/mol. The van der Waals surface area contributed by atoms with Crippen molar-refractivity contribution in [1.82, 2.24) is 10.6 Å². The Bertz CT molecular complexity index is 543. The van der Waals surface area contributed by atoms with E-state index >= 15 is 0 Å². The van der Waals surface area contributed by atoms with Gasteiger partial charge in [-0.15, -0.1) is 0 Å². The summed E-state index contributed by atoms with van der Waals surface area (Å²) in [5.41, 5.74) is 1.70. The van der Waals surface area contributed by atoms with E-state index in [2.05, 4.69) is 10.6 Å². The number of benzene rings is 1. The lowest BCUT2D eigenvalue weighted by Gasteiger charge is -2.25. The first kappa shape index (κ1) is 18.5. The van der Waals surface area contributed by atoms with Gasteiger partial charge in [-0.05, 0) is 37.8 Å². The summed E-state index contributed by atoms with van der Waals surface area (Å²) in [6.45, 7) is 5.91. The Morgan fingerprint density at radius 3 is 2.12 bits per heavy atom. The molecule has 1 aromatic carbocycles. The lowest BCUT2D eigenvalue weighted by Crippen LogP contribution is -2.52. The summed E-state index contributed by atoms with van der Waals surface area (Å²) in [6.07, 6.45) is 6.94. The van der Waals surface area contributed by atoms with Crippen LogP contribution in [0.5, 0.6) is 0 Å². The number of carbonyl (C=O) groups is 2. The Hall–Kier alpha value is -1.84. The molecule has 0 bridgehead atoms. The van der Waals surface area contributed by atoms with Gasteiger partial charge in [0.25, 0.3) is 5.91 Å². The van der Waals surface area contributed by atoms with Crippen LogP contribution in [0.15, 0.2) is 24.3 Å². The maximum absolute atomic E-state index is 12.7. The zero-order chi connectivity index (χ0) is 17.5. The molecule has 1 aliphatic rings. The molecule has 2 rings (SSSR count). The van der Waals surface area contributed by atoms with Gasteiger partial charge in [-0.1, -0.05) is 57.2 Å². The van der Waals surface area contributed by atoms with Crippen LogP contribution in [0, 0.1) is 12.8 Å². The van der Waals surface area contributed by atoms with Crippen molar-refractivity contribution in [3.63, 3.8) is 0 Å². The predicted molar refractivity (Wildman–Crippen MR) is 96.9 cm³/mol. The first-order chi connectivity index (χ1) is 11.5. The van der Waals surface area contributed by atoms with Gasteiger partial charge in [0.1, 0.15) is 6.04 Å². The van der Waals surface area contributed by atoms with Crippen LogP contribution in [-0.4, -0.2) is 23.9 Å². The van der Waals surface area contributed by atoms with Crippen LogP contribution < -0.4 is 10.6 Å². The second kappa shape index (κ2) is 8.86. The smallest absolute Gasteiger partial charge is 0.251 e. The Morgan fingerprint density at radius 2 is 1.58 bits per heavy atom. The summed E-state index contributed by atoms with van der Waals surface area (Å²) >= 11 is 0. The first-order valence-electron chi connectivity index (χ1n) is 9.15. The average molecular weight is 330 g/mol. The second-order valence-corrected chi connectivity index (χ2v) is 7.26. The molecule has 0 aliphatic heterocycles. The van der Waals surface area contributed by atoms with Crippen LogP contribution in [-0.2, 0) is 4.79 Å². The molecule has 0 saturated heterocycles. The van der Waals surface area contributed by atoms with Crippen LogP contribution in [0.3, 0.4) is 0 Å². The minimum absolute atomic E-state index is 0.0465. The number of hydrogen-bond donors (Lipinski definition) is 2. The number of amides is 2. The molecule has 24 heavy (non-hydrogen) atoms. The summed E-state index contributed by atoms with van der Waals surface area (Å²) in [5, 5.41) is 6.06. The Kier molecular flexibility index (Phi) is 6.83. The number of aryl methyl sites for hydroxylation is 1. The average Bonchev–Trinajstić information content (AvgIpc) is 2.81. The van der Waals surface area contributed by atoms with Gasteiger partial charge in [-0.2, -0.15) is 0 Å². The van der Waals surface area contributed by atoms with E-state index in [0.29, 0.717) is 5.56 Å². The molecule has 0 spiro atoms. The summed E-state index contributed by atoms with van der Waals surface area (Å²) in [6, 6.07) is 7.16. The van der Waals surface area contributed by atoms with E-state index in [1.165, 1.54) is 25.7 Å². The minimum Gasteiger partial charge on any atom is -0.352 e. The van der Waals surface area contributed by atoms with Crippen molar-refractivity contribution in [2.24, 2.45) is 5.92 Å². The summed E-state index contributed by atoms with van der Waals surface area (Å²) < 4.78 is 0. The molecule has 0 radical (unpaired) electrons. The van der Waals surface area contributed by atoms with E-state index in [0.717, 1.165) is 18.4 Å². The molecular formula is C20H30N2O2. The van der Waals surface area contributed by atoms with E-state index in [-0.39, 0.29) is 23.8 Å². The third kappa shape index (κ3) is 5.36. The molecule has 2 amide bonds. The van der Waals surface area contributed by atoms with Crippen LogP contribution >= 0.6 is 0 Å². The SMILES string of the molecule is Cc1ccc(C(=O)NC(C(=O)NC2CCCCCC2)C(C)C)cc1. The van der Waals surface area contributed by atoms with Crippen LogP contribution in [0.2, 0.25) is 0 Å². The molecule has 2 N–H and O–H groups in total. The third-order valence-electron chi connectivity index (χ3n) is 4.75. The van der Waals surface area contributed by atoms with Crippen LogP contribution in [0.25, 0.3) is 0 Å². The van der Waals surface area contributed by atoms with Gasteiger partial charge >= 0.3 is 0 Å². The highest BCUT2D eigenvalue weighted by atomic mass is 16.2. The summed E-state index contributed by atoms with van der Waals surface area (Å²) in [5.74, 6) is -0.202. The van der Waals surface area contributed by atoms with E-state index in [1.54, 1.807) is 12.1 Å². The topological polar surface area (TPSA) is 58.2 Å². The lowest BCUT2D eigenvalue weighted by atomic mass is 10.0. The molecule has 0 heterocycles. The van der Waals surface area contributed by atoms with Gasteiger partial charge in [-0.3, -0.25) is 9.59 Å². The van der Waals surface area contributed by atoms with E-state index in [9.17, 15) is 9.59 Å². The molecule has 4 nitrogen and oxygen atoms in total. The Labute approximate surface area is 145 Å². The van der Waals surface area contributed by atoms with Crippen molar-refractivity contribution in [1.29, 1.82) is 0 Å². The number of hydrogen-bond acceptors (Lipinski definition) is 2. The van der Waals surface area contributed by atoms with Crippen molar-refractivity contribution < 1.29 is 9.59 Å². The molecule has 1 atom stereocenters. The van der Waals surface area contributed by atoms with Crippen molar-refractivity contribution in [2.45, 2.75) is 71.4 Å². The highest BCUT2D eigenvalue weighted by Crippen LogP contribution is 2.17. The molecule has 0 aromatic heterocycles. The van der Waals surface area contributed by atoms with Crippen molar-refractivity contribution in [3.05, 3.63) is 35.4 Å². The fourth-order valence-electron chi connectivity index (χ4n) is 3.18. The zero-order valence-electron chi connectivity index (χ0n) is 15.1. The van der Waals surface area contributed by atoms with Gasteiger partial charge < -0.3 is 10.6 Å². The minimum atomic E-state index is -0.498. The zero-order valence-corrected chi connectivity index (χ0v) is 15.1. The van der Waals surface area contributed by atoms with E-state index in [1.807, 2.05) is 32.9 Å². The lowest BCUT2D eigenvalue weighted by molar-refractivity contribution is -0.124. The Balaban J connectivity index is 1.98. The Morgan fingerprint density at radius 1 is 1.00 bits per heavy atom. The van der Waals surface area contributed by atoms with Gasteiger partial charge in [0.2, 0.25) is 5.91 Å². The second-order valence-electron chi connectivity index (χ2n) is 7.26. The molecule has 1 aromatic rings. The van der Waals surface area contributed by atoms with E-state index in [4.69, 9.17) is 0 Å². The van der Waals surface area contributed by atoms with Gasteiger partial charge in [0.05, 0.1) is 0 Å². The largest absolute Gasteiger partial charge is 0.352 e. The van der Waals surface area contributed by atoms with E-state index < -0.39 is 6.04 Å². The highest BCUT2D eigenvalue weighted by Gasteiger charge is 2.26. The van der Waals surface area contributed by atoms with Gasteiger partial charge in [-0.25, -0.2) is 0 Å². The maximum Gasteiger partial charge on any atom is 0.251 e. The van der Waals surface area contributed by atoms with Crippen molar-refractivity contribution in [3.8, 4) is 0 Å². The molecule has 1 unspecified atom stereocenters. The normalized spacial score (nSPS) is 17.2. The quantitative estimate of drug-likeness (QED) is 0.811. The number of carbonyl (C=O) groups excluding carboxylic acids is 2. The standard InChI is InChI=1S/C20H30N2O2/c1-14(2)18(20(24)21-17-8-6-4-5-7-9-17)22-19(23)16-12-10-15(3)11-13-16/h10-14,17-18H,4-9H2,1-3H3,(H,21,24)(H,22,23). The predicted octanol–water partition coefficient (Wildman–Crippen LogP) is 3.59. The van der Waals surface area contributed by atoms with Crippen LogP contribution in [0.1, 0.15) is 68.3 Å². The number of rotatable bonds is 5. The summed E-state index contributed by atoms with van der Waals surface area (Å²) in [7, 11) is 0. The molecule has 1 fully saturated rings. The van der Waals surface area contributed by atoms with Crippen LogP contribution in [0.4, 0.5) is 0 Å². The van der Waals surface area contributed by atoms with Gasteiger partial charge in [0, 0.05) is 11.6 Å². The molecule has 1 saturated carbocycles. The first-order valence-corrected chi connectivity index (χ1v) is 9.15. The molecule has 1 aliphatic carbocycles. The molecule has 132 valence electrons. The highest BCUT2D eigenvalue weighted by molar-refractivity contribution is 5.97. The maximum atomic E-state index is 12.7. The molecule has 4 heteroatoms. The summed E-state index contributed by atoms with van der Waals surface area (Å²) in [4.78, 5) is 25.1. The van der Waals surface area contributed by atoms with Crippen molar-refractivity contribution in [2.75, 3.05) is 0 Å². The van der Waals surface area contributed by atoms with Crippen molar-refractivity contribution >= 4 is 11.8 Å². The fraction of sp³-hybridized carbons (Fsp3) is 0.600. The fourth-order valence-corrected chi connectivity index (χ4v) is 3.18. The third-order valence-corrected chi connectivity index (χ3v) is 4.75. The number of nitrogens with one attached hydrogen (secondary N) is 2. The molecular weight excluding hydrogens is 300 g/mol. The van der Waals surface area contributed by atoms with Gasteiger partial charge in [0.15, 0.2) is 0 Å².